The van der Waals surface area contributed by atoms with Gasteiger partial charge in [-0.2, -0.15) is 0 Å². The summed E-state index contributed by atoms with van der Waals surface area (Å²) >= 11 is 3.41. The third-order valence-corrected chi connectivity index (χ3v) is 6.32. The number of benzene rings is 2. The number of carbonyl (C=O) groups excluding carboxylic acids is 3. The van der Waals surface area contributed by atoms with E-state index in [-0.39, 0.29) is 24.7 Å². The smallest absolute Gasteiger partial charge is 0.310 e. The van der Waals surface area contributed by atoms with Gasteiger partial charge < -0.3 is 19.1 Å². The van der Waals surface area contributed by atoms with Gasteiger partial charge >= 0.3 is 5.97 Å². The Morgan fingerprint density at radius 2 is 1.77 bits per heavy atom. The van der Waals surface area contributed by atoms with Crippen LogP contribution < -0.4 is 14.4 Å². The zero-order chi connectivity index (χ0) is 22.1. The number of methoxy groups -OCH3 is 2. The maximum atomic E-state index is 12.7. The van der Waals surface area contributed by atoms with Crippen LogP contribution in [0.4, 0.5) is 5.69 Å². The summed E-state index contributed by atoms with van der Waals surface area (Å²) in [6.45, 7) is 0.384. The van der Waals surface area contributed by atoms with Crippen molar-refractivity contribution in [1.29, 1.82) is 0 Å². The van der Waals surface area contributed by atoms with Gasteiger partial charge in [-0.15, -0.1) is 0 Å². The van der Waals surface area contributed by atoms with Crippen LogP contribution in [0.2, 0.25) is 0 Å². The van der Waals surface area contributed by atoms with E-state index in [0.717, 1.165) is 36.2 Å². The van der Waals surface area contributed by atoms with E-state index in [9.17, 15) is 14.4 Å². The molecule has 8 heteroatoms. The lowest BCUT2D eigenvalue weighted by Crippen LogP contribution is -2.31. The summed E-state index contributed by atoms with van der Waals surface area (Å²) in [7, 11) is 3.05. The van der Waals surface area contributed by atoms with Crippen LogP contribution in [0.3, 0.4) is 0 Å². The molecule has 0 saturated carbocycles. The molecule has 0 fully saturated rings. The molecule has 31 heavy (non-hydrogen) atoms. The zero-order valence-electron chi connectivity index (χ0n) is 17.3. The van der Waals surface area contributed by atoms with Gasteiger partial charge in [-0.1, -0.05) is 15.9 Å². The number of ether oxygens (including phenoxy) is 3. The zero-order valence-corrected chi connectivity index (χ0v) is 18.9. The highest BCUT2D eigenvalue weighted by atomic mass is 79.9. The highest BCUT2D eigenvalue weighted by molar-refractivity contribution is 9.10. The fourth-order valence-electron chi connectivity index (χ4n) is 4.11. The molecule has 0 atom stereocenters. The molecule has 4 rings (SSSR count). The maximum Gasteiger partial charge on any atom is 0.310 e. The number of anilines is 1. The van der Waals surface area contributed by atoms with E-state index in [4.69, 9.17) is 14.2 Å². The summed E-state index contributed by atoms with van der Waals surface area (Å²) < 4.78 is 16.4. The molecule has 2 heterocycles. The Hall–Kier alpha value is -2.87. The molecule has 0 saturated heterocycles. The summed E-state index contributed by atoms with van der Waals surface area (Å²) in [5.41, 5.74) is 3.99. The second-order valence-electron chi connectivity index (χ2n) is 7.53. The number of esters is 1. The fourth-order valence-corrected chi connectivity index (χ4v) is 4.57. The van der Waals surface area contributed by atoms with Gasteiger partial charge in [-0.25, -0.2) is 0 Å². The molecule has 0 spiro atoms. The van der Waals surface area contributed by atoms with Crippen LogP contribution in [-0.4, -0.2) is 45.0 Å². The first kappa shape index (κ1) is 21.4. The Balaban J connectivity index is 1.43. The Morgan fingerprint density at radius 1 is 1.06 bits per heavy atom. The summed E-state index contributed by atoms with van der Waals surface area (Å²) in [6, 6.07) is 6.99. The van der Waals surface area contributed by atoms with Gasteiger partial charge in [0.05, 0.1) is 32.7 Å². The highest BCUT2D eigenvalue weighted by Crippen LogP contribution is 2.38. The Bertz CT molecular complexity index is 1080. The van der Waals surface area contributed by atoms with Crippen LogP contribution in [-0.2, 0) is 33.6 Å². The summed E-state index contributed by atoms with van der Waals surface area (Å²) in [6.07, 6.45) is 2.01. The normalized spacial score (nSPS) is 14.3. The van der Waals surface area contributed by atoms with Crippen LogP contribution in [0.15, 0.2) is 28.7 Å². The number of ketones is 1. The molecule has 2 aliphatic rings. The van der Waals surface area contributed by atoms with E-state index >= 15 is 0 Å². The van der Waals surface area contributed by atoms with E-state index in [0.29, 0.717) is 33.5 Å². The number of rotatable bonds is 7. The molecular weight excluding hydrogens is 466 g/mol. The van der Waals surface area contributed by atoms with Crippen molar-refractivity contribution < 1.29 is 28.6 Å². The van der Waals surface area contributed by atoms with E-state index in [1.165, 1.54) is 14.2 Å². The van der Waals surface area contributed by atoms with Crippen molar-refractivity contribution in [3.05, 3.63) is 51.0 Å². The predicted octanol–water partition coefficient (Wildman–Crippen LogP) is 3.27. The van der Waals surface area contributed by atoms with Gasteiger partial charge in [-0.3, -0.25) is 14.4 Å². The van der Waals surface area contributed by atoms with Crippen molar-refractivity contribution in [2.75, 3.05) is 32.3 Å². The quantitative estimate of drug-likeness (QED) is 0.440. The number of carbonyl (C=O) groups is 3. The van der Waals surface area contributed by atoms with Crippen molar-refractivity contribution in [3.8, 4) is 11.5 Å². The van der Waals surface area contributed by atoms with Gasteiger partial charge in [0.15, 0.2) is 23.9 Å². The predicted molar refractivity (Wildman–Crippen MR) is 117 cm³/mol. The monoisotopic (exact) mass is 487 g/mol. The molecular formula is C23H22BrNO6. The van der Waals surface area contributed by atoms with Gasteiger partial charge in [0.2, 0.25) is 5.91 Å². The molecule has 0 aliphatic carbocycles. The van der Waals surface area contributed by atoms with Crippen molar-refractivity contribution >= 4 is 39.3 Å². The van der Waals surface area contributed by atoms with E-state index in [2.05, 4.69) is 15.9 Å². The van der Waals surface area contributed by atoms with Crippen molar-refractivity contribution in [2.45, 2.75) is 25.7 Å². The average Bonchev–Trinajstić information content (AvgIpc) is 3.09. The van der Waals surface area contributed by atoms with Gasteiger partial charge in [0.25, 0.3) is 0 Å². The average molecular weight is 488 g/mol. The second-order valence-corrected chi connectivity index (χ2v) is 8.38. The molecule has 2 aliphatic heterocycles. The number of amides is 1. The summed E-state index contributed by atoms with van der Waals surface area (Å²) in [4.78, 5) is 39.0. The second kappa shape index (κ2) is 8.70. The lowest BCUT2D eigenvalue weighted by Gasteiger charge is -2.25. The molecule has 1 amide bonds. The molecule has 2 aromatic rings. The van der Waals surface area contributed by atoms with E-state index in [1.54, 1.807) is 18.2 Å². The molecule has 0 unspecified atom stereocenters. The third-order valence-electron chi connectivity index (χ3n) is 5.58. The molecule has 0 aromatic heterocycles. The molecule has 7 nitrogen and oxygen atoms in total. The van der Waals surface area contributed by atoms with Crippen molar-refractivity contribution in [2.24, 2.45) is 0 Å². The van der Waals surface area contributed by atoms with Crippen LogP contribution in [0.25, 0.3) is 0 Å². The molecule has 162 valence electrons. The lowest BCUT2D eigenvalue weighted by atomic mass is 9.95. The van der Waals surface area contributed by atoms with Crippen molar-refractivity contribution in [1.82, 2.24) is 0 Å². The first-order valence-corrected chi connectivity index (χ1v) is 10.8. The van der Waals surface area contributed by atoms with Gasteiger partial charge in [0, 0.05) is 16.6 Å². The minimum atomic E-state index is -0.523. The Labute approximate surface area is 188 Å². The minimum absolute atomic E-state index is 0.0207. The molecule has 0 bridgehead atoms. The standard InChI is InChI=1S/C23H22BrNO6/c1-29-19-8-14(17(24)11-20(19)30-2)10-22(28)31-12-18(26)15-6-13-4-3-5-25-21(27)9-16(7-15)23(13)25/h6-8,11H,3-5,9-10,12H2,1-2H3. The number of hydrogen-bond acceptors (Lipinski definition) is 6. The number of hydrogen-bond donors (Lipinski definition) is 0. The number of nitrogens with zero attached hydrogens (tertiary/aromatic N) is 1. The van der Waals surface area contributed by atoms with Crippen LogP contribution in [0.1, 0.15) is 33.5 Å². The van der Waals surface area contributed by atoms with Crippen molar-refractivity contribution in [3.63, 3.8) is 0 Å². The SMILES string of the molecule is COc1cc(Br)c(CC(=O)OCC(=O)c2cc3c4c(c2)CC(=O)N4CCC3)cc1OC. The largest absolute Gasteiger partial charge is 0.493 e. The lowest BCUT2D eigenvalue weighted by molar-refractivity contribution is -0.141. The summed E-state index contributed by atoms with van der Waals surface area (Å²) in [5.74, 6) is 0.312. The summed E-state index contributed by atoms with van der Waals surface area (Å²) in [5, 5.41) is 0. The Morgan fingerprint density at radius 3 is 2.52 bits per heavy atom. The van der Waals surface area contributed by atoms with Gasteiger partial charge in [0.1, 0.15) is 0 Å². The highest BCUT2D eigenvalue weighted by Gasteiger charge is 2.33. The maximum absolute atomic E-state index is 12.7. The number of Topliss-reactive ketones (excluding diaryl/α,β-unsaturated/α-hetero) is 1. The van der Waals surface area contributed by atoms with Gasteiger partial charge in [-0.05, 0) is 53.8 Å². The first-order chi connectivity index (χ1) is 14.9. The molecule has 0 radical (unpaired) electrons. The first-order valence-electron chi connectivity index (χ1n) is 9.96. The van der Waals surface area contributed by atoms with Crippen LogP contribution in [0, 0.1) is 0 Å². The number of halogens is 1. The number of aryl methyl sites for hydroxylation is 1. The third kappa shape index (κ3) is 4.17. The molecule has 2 aromatic carbocycles. The van der Waals surface area contributed by atoms with Crippen LogP contribution in [0.5, 0.6) is 11.5 Å². The fraction of sp³-hybridized carbons (Fsp3) is 0.348. The molecule has 0 N–H and O–H groups in total. The Kier molecular flexibility index (Phi) is 6.00. The van der Waals surface area contributed by atoms with E-state index in [1.807, 2.05) is 11.0 Å². The topological polar surface area (TPSA) is 82.1 Å². The minimum Gasteiger partial charge on any atom is -0.493 e. The van der Waals surface area contributed by atoms with E-state index < -0.39 is 5.97 Å². The van der Waals surface area contributed by atoms with Crippen LogP contribution >= 0.6 is 15.9 Å².